The molecule has 1 aromatic heterocycles. The third kappa shape index (κ3) is 3.50. The van der Waals surface area contributed by atoms with E-state index in [1.807, 2.05) is 24.0 Å². The van der Waals surface area contributed by atoms with Crippen molar-refractivity contribution in [3.63, 3.8) is 0 Å². The van der Waals surface area contributed by atoms with E-state index in [1.165, 1.54) is 36.9 Å². The van der Waals surface area contributed by atoms with E-state index >= 15 is 0 Å². The molecule has 1 unspecified atom stereocenters. The second kappa shape index (κ2) is 6.97. The van der Waals surface area contributed by atoms with Gasteiger partial charge in [-0.05, 0) is 43.1 Å². The number of nitrogens with zero attached hydrogens (tertiary/aromatic N) is 3. The van der Waals surface area contributed by atoms with Crippen LogP contribution in [0.3, 0.4) is 0 Å². The Morgan fingerprint density at radius 1 is 1.23 bits per heavy atom. The fourth-order valence-corrected chi connectivity index (χ4v) is 3.31. The first kappa shape index (κ1) is 15.1. The highest BCUT2D eigenvalue weighted by Gasteiger charge is 2.24. The number of aromatic nitrogens is 2. The lowest BCUT2D eigenvalue weighted by molar-refractivity contribution is 0.188. The van der Waals surface area contributed by atoms with E-state index in [0.29, 0.717) is 6.04 Å². The summed E-state index contributed by atoms with van der Waals surface area (Å²) in [7, 11) is 3.72. The molecule has 0 aliphatic carbocycles. The molecule has 3 rings (SSSR count). The molecule has 1 fully saturated rings. The first-order valence-electron chi connectivity index (χ1n) is 8.13. The van der Waals surface area contributed by atoms with Gasteiger partial charge in [0.05, 0.1) is 18.8 Å². The summed E-state index contributed by atoms with van der Waals surface area (Å²) in [5.74, 6) is 0.932. The summed E-state index contributed by atoms with van der Waals surface area (Å²) in [6.45, 7) is 2.09. The number of likely N-dealkylation sites (tertiary alicyclic amines) is 1. The Morgan fingerprint density at radius 3 is 2.91 bits per heavy atom. The smallest absolute Gasteiger partial charge is 0.119 e. The van der Waals surface area contributed by atoms with E-state index in [9.17, 15) is 0 Å². The standard InChI is InChI=1S/C18H25N3O/c1-20-12-10-17(19-20)18-9-4-3-5-11-21(18)14-15-7-6-8-16(13-15)22-2/h6-8,10,12-13,18H,3-5,9,11,14H2,1-2H3. The lowest BCUT2D eigenvalue weighted by atomic mass is 10.1. The maximum absolute atomic E-state index is 5.35. The first-order chi connectivity index (χ1) is 10.8. The van der Waals surface area contributed by atoms with E-state index < -0.39 is 0 Å². The molecule has 1 saturated heterocycles. The normalized spacial score (nSPS) is 19.8. The molecule has 0 bridgehead atoms. The number of benzene rings is 1. The van der Waals surface area contributed by atoms with Crippen LogP contribution in [0.4, 0.5) is 0 Å². The monoisotopic (exact) mass is 299 g/mol. The van der Waals surface area contributed by atoms with E-state index in [4.69, 9.17) is 4.74 Å². The molecular weight excluding hydrogens is 274 g/mol. The Bertz CT molecular complexity index is 608. The second-order valence-corrected chi connectivity index (χ2v) is 6.10. The summed E-state index contributed by atoms with van der Waals surface area (Å²) >= 11 is 0. The third-order valence-corrected chi connectivity index (χ3v) is 4.46. The van der Waals surface area contributed by atoms with Gasteiger partial charge in [0.1, 0.15) is 5.75 Å². The van der Waals surface area contributed by atoms with Gasteiger partial charge in [-0.2, -0.15) is 5.10 Å². The molecule has 1 aromatic carbocycles. The Kier molecular flexibility index (Phi) is 4.78. The molecule has 0 N–H and O–H groups in total. The number of hydrogen-bond acceptors (Lipinski definition) is 3. The van der Waals surface area contributed by atoms with Gasteiger partial charge in [-0.3, -0.25) is 9.58 Å². The minimum Gasteiger partial charge on any atom is -0.497 e. The maximum Gasteiger partial charge on any atom is 0.119 e. The van der Waals surface area contributed by atoms with Crippen molar-refractivity contribution < 1.29 is 4.74 Å². The van der Waals surface area contributed by atoms with Crippen molar-refractivity contribution in [1.29, 1.82) is 0 Å². The quantitative estimate of drug-likeness (QED) is 0.865. The maximum atomic E-state index is 5.35. The van der Waals surface area contributed by atoms with Gasteiger partial charge in [0.2, 0.25) is 0 Å². The Balaban J connectivity index is 1.80. The first-order valence-corrected chi connectivity index (χ1v) is 8.13. The largest absolute Gasteiger partial charge is 0.497 e. The second-order valence-electron chi connectivity index (χ2n) is 6.10. The summed E-state index contributed by atoms with van der Waals surface area (Å²) in [5, 5.41) is 4.65. The van der Waals surface area contributed by atoms with Crippen molar-refractivity contribution >= 4 is 0 Å². The van der Waals surface area contributed by atoms with E-state index in [2.05, 4.69) is 34.3 Å². The zero-order chi connectivity index (χ0) is 15.4. The van der Waals surface area contributed by atoms with Crippen LogP contribution in [-0.2, 0) is 13.6 Å². The molecule has 2 heterocycles. The summed E-state index contributed by atoms with van der Waals surface area (Å²) in [6.07, 6.45) is 7.12. The Hall–Kier alpha value is -1.81. The number of aryl methyl sites for hydroxylation is 1. The number of hydrogen-bond donors (Lipinski definition) is 0. The summed E-state index contributed by atoms with van der Waals surface area (Å²) in [6, 6.07) is 11.0. The zero-order valence-corrected chi connectivity index (χ0v) is 13.5. The van der Waals surface area contributed by atoms with Crippen molar-refractivity contribution in [2.75, 3.05) is 13.7 Å². The minimum atomic E-state index is 0.426. The lowest BCUT2D eigenvalue weighted by Gasteiger charge is -2.28. The van der Waals surface area contributed by atoms with Gasteiger partial charge >= 0.3 is 0 Å². The fourth-order valence-electron chi connectivity index (χ4n) is 3.31. The van der Waals surface area contributed by atoms with Crippen LogP contribution < -0.4 is 4.74 Å². The van der Waals surface area contributed by atoms with Gasteiger partial charge < -0.3 is 4.74 Å². The topological polar surface area (TPSA) is 30.3 Å². The average molecular weight is 299 g/mol. The van der Waals surface area contributed by atoms with Crippen molar-refractivity contribution in [2.24, 2.45) is 7.05 Å². The minimum absolute atomic E-state index is 0.426. The van der Waals surface area contributed by atoms with Crippen molar-refractivity contribution in [1.82, 2.24) is 14.7 Å². The van der Waals surface area contributed by atoms with Gasteiger partial charge in [0, 0.05) is 19.8 Å². The lowest BCUT2D eigenvalue weighted by Crippen LogP contribution is -2.28. The molecule has 4 nitrogen and oxygen atoms in total. The highest BCUT2D eigenvalue weighted by atomic mass is 16.5. The van der Waals surface area contributed by atoms with Crippen LogP contribution in [0.1, 0.15) is 43.0 Å². The molecule has 0 spiro atoms. The molecule has 1 aliphatic heterocycles. The van der Waals surface area contributed by atoms with E-state index in [1.54, 1.807) is 7.11 Å². The molecule has 4 heteroatoms. The Morgan fingerprint density at radius 2 is 2.14 bits per heavy atom. The molecule has 1 aliphatic rings. The third-order valence-electron chi connectivity index (χ3n) is 4.46. The Labute approximate surface area is 132 Å². The summed E-state index contributed by atoms with van der Waals surface area (Å²) < 4.78 is 7.26. The predicted molar refractivity (Wildman–Crippen MR) is 87.8 cm³/mol. The van der Waals surface area contributed by atoms with Crippen LogP contribution in [0.5, 0.6) is 5.75 Å². The van der Waals surface area contributed by atoms with Crippen LogP contribution in [0, 0.1) is 0 Å². The summed E-state index contributed by atoms with van der Waals surface area (Å²) in [4.78, 5) is 2.57. The van der Waals surface area contributed by atoms with Crippen LogP contribution >= 0.6 is 0 Å². The van der Waals surface area contributed by atoms with Crippen molar-refractivity contribution in [2.45, 2.75) is 38.3 Å². The van der Waals surface area contributed by atoms with Crippen LogP contribution in [0.25, 0.3) is 0 Å². The van der Waals surface area contributed by atoms with Gasteiger partial charge in [-0.15, -0.1) is 0 Å². The average Bonchev–Trinajstić information content (AvgIpc) is 2.83. The summed E-state index contributed by atoms with van der Waals surface area (Å²) in [5.41, 5.74) is 2.51. The van der Waals surface area contributed by atoms with Gasteiger partial charge in [-0.25, -0.2) is 0 Å². The highest BCUT2D eigenvalue weighted by Crippen LogP contribution is 2.30. The molecule has 0 amide bonds. The van der Waals surface area contributed by atoms with Crippen LogP contribution in [0.15, 0.2) is 36.5 Å². The number of rotatable bonds is 4. The van der Waals surface area contributed by atoms with Gasteiger partial charge in [-0.1, -0.05) is 25.0 Å². The SMILES string of the molecule is COc1cccc(CN2CCCCCC2c2ccn(C)n2)c1. The van der Waals surface area contributed by atoms with Gasteiger partial charge in [0.25, 0.3) is 0 Å². The highest BCUT2D eigenvalue weighted by molar-refractivity contribution is 5.28. The van der Waals surface area contributed by atoms with Crippen LogP contribution in [0.2, 0.25) is 0 Å². The zero-order valence-electron chi connectivity index (χ0n) is 13.5. The molecule has 2 aromatic rings. The molecule has 22 heavy (non-hydrogen) atoms. The van der Waals surface area contributed by atoms with Crippen molar-refractivity contribution in [3.8, 4) is 5.75 Å². The molecule has 1 atom stereocenters. The van der Waals surface area contributed by atoms with E-state index in [-0.39, 0.29) is 0 Å². The number of ether oxygens (including phenoxy) is 1. The fraction of sp³-hybridized carbons (Fsp3) is 0.500. The molecule has 0 radical (unpaired) electrons. The van der Waals surface area contributed by atoms with Gasteiger partial charge in [0.15, 0.2) is 0 Å². The molecule has 0 saturated carbocycles. The van der Waals surface area contributed by atoms with Crippen molar-refractivity contribution in [3.05, 3.63) is 47.8 Å². The predicted octanol–water partition coefficient (Wildman–Crippen LogP) is 3.55. The molecule has 118 valence electrons. The number of methoxy groups -OCH3 is 1. The van der Waals surface area contributed by atoms with E-state index in [0.717, 1.165) is 18.8 Å². The molecular formula is C18H25N3O. The van der Waals surface area contributed by atoms with Crippen LogP contribution in [-0.4, -0.2) is 28.3 Å².